The summed E-state index contributed by atoms with van der Waals surface area (Å²) in [6, 6.07) is 6.87. The van der Waals surface area contributed by atoms with Crippen molar-refractivity contribution in [2.24, 2.45) is 0 Å². The van der Waals surface area contributed by atoms with E-state index in [1.807, 2.05) is 0 Å². The first kappa shape index (κ1) is 15.0. The monoisotopic (exact) mass is 289 g/mol. The van der Waals surface area contributed by atoms with Crippen molar-refractivity contribution in [3.05, 3.63) is 35.4 Å². The maximum atomic E-state index is 11.7. The summed E-state index contributed by atoms with van der Waals surface area (Å²) in [7, 11) is -3.04. The molecule has 0 radical (unpaired) electrons. The van der Waals surface area contributed by atoms with Gasteiger partial charge in [0.25, 0.3) is 5.91 Å². The van der Waals surface area contributed by atoms with Gasteiger partial charge in [0.1, 0.15) is 0 Å². The van der Waals surface area contributed by atoms with Crippen molar-refractivity contribution in [2.75, 3.05) is 18.1 Å². The van der Waals surface area contributed by atoms with Gasteiger partial charge in [-0.1, -0.05) is 19.1 Å². The van der Waals surface area contributed by atoms with E-state index in [2.05, 4.69) is 5.32 Å². The van der Waals surface area contributed by atoms with Crippen molar-refractivity contribution < 1.29 is 13.2 Å². The van der Waals surface area contributed by atoms with Crippen LogP contribution in [-0.4, -0.2) is 32.4 Å². The van der Waals surface area contributed by atoms with Crippen molar-refractivity contribution in [2.45, 2.75) is 12.8 Å². The van der Waals surface area contributed by atoms with Crippen molar-refractivity contribution >= 4 is 27.3 Å². The molecule has 0 bridgehead atoms. The molecule has 4 nitrogen and oxygen atoms in total. The van der Waals surface area contributed by atoms with Crippen LogP contribution in [-0.2, 0) is 15.7 Å². The highest BCUT2D eigenvalue weighted by atomic mass is 35.5. The van der Waals surface area contributed by atoms with E-state index in [-0.39, 0.29) is 24.0 Å². The van der Waals surface area contributed by atoms with Crippen LogP contribution in [0.1, 0.15) is 22.8 Å². The molecule has 0 aromatic heterocycles. The standard InChI is InChI=1S/C12H16ClNO3S/c1-2-18(16,17)8-7-14-12(15)11-5-3-10(9-13)4-6-11/h3-6H,2,7-9H2,1H3,(H,14,15). The number of hydrogen-bond donors (Lipinski definition) is 1. The van der Waals surface area contributed by atoms with Crippen molar-refractivity contribution in [1.29, 1.82) is 0 Å². The van der Waals surface area contributed by atoms with Gasteiger partial charge in [0.15, 0.2) is 9.84 Å². The fraction of sp³-hybridized carbons (Fsp3) is 0.417. The van der Waals surface area contributed by atoms with E-state index in [9.17, 15) is 13.2 Å². The topological polar surface area (TPSA) is 63.2 Å². The Balaban J connectivity index is 2.50. The lowest BCUT2D eigenvalue weighted by Crippen LogP contribution is -2.29. The molecule has 6 heteroatoms. The summed E-state index contributed by atoms with van der Waals surface area (Å²) in [5.41, 5.74) is 1.43. The van der Waals surface area contributed by atoms with Gasteiger partial charge < -0.3 is 5.32 Å². The van der Waals surface area contributed by atoms with Gasteiger partial charge in [0, 0.05) is 23.7 Å². The van der Waals surface area contributed by atoms with E-state index in [0.717, 1.165) is 5.56 Å². The number of halogens is 1. The molecular weight excluding hydrogens is 274 g/mol. The summed E-state index contributed by atoms with van der Waals surface area (Å²) in [6.45, 7) is 1.72. The second kappa shape index (κ2) is 6.75. The number of carbonyl (C=O) groups excluding carboxylic acids is 1. The zero-order valence-corrected chi connectivity index (χ0v) is 11.7. The van der Waals surface area contributed by atoms with Crippen LogP contribution in [0.15, 0.2) is 24.3 Å². The summed E-state index contributed by atoms with van der Waals surface area (Å²) in [5, 5.41) is 2.58. The average Bonchev–Trinajstić information content (AvgIpc) is 2.38. The second-order valence-corrected chi connectivity index (χ2v) is 6.56. The third-order valence-electron chi connectivity index (χ3n) is 2.51. The Labute approximate surface area is 112 Å². The van der Waals surface area contributed by atoms with E-state index in [1.54, 1.807) is 31.2 Å². The summed E-state index contributed by atoms with van der Waals surface area (Å²) in [4.78, 5) is 11.7. The third-order valence-corrected chi connectivity index (χ3v) is 4.52. The highest BCUT2D eigenvalue weighted by Crippen LogP contribution is 2.06. The average molecular weight is 290 g/mol. The van der Waals surface area contributed by atoms with Gasteiger partial charge in [-0.05, 0) is 17.7 Å². The number of sulfone groups is 1. The minimum atomic E-state index is -3.04. The van der Waals surface area contributed by atoms with Crippen LogP contribution >= 0.6 is 11.6 Å². The van der Waals surface area contributed by atoms with Gasteiger partial charge in [-0.2, -0.15) is 0 Å². The lowest BCUT2D eigenvalue weighted by Gasteiger charge is -2.05. The van der Waals surface area contributed by atoms with Crippen molar-refractivity contribution in [1.82, 2.24) is 5.32 Å². The molecule has 0 aliphatic carbocycles. The Kier molecular flexibility index (Phi) is 5.62. The Morgan fingerprint density at radius 3 is 2.39 bits per heavy atom. The Hall–Kier alpha value is -1.07. The predicted molar refractivity (Wildman–Crippen MR) is 72.7 cm³/mol. The Bertz CT molecular complexity index is 497. The summed E-state index contributed by atoms with van der Waals surface area (Å²) in [5.74, 6) is 0.182. The van der Waals surface area contributed by atoms with Crippen LogP contribution in [0.4, 0.5) is 0 Å². The van der Waals surface area contributed by atoms with Gasteiger partial charge >= 0.3 is 0 Å². The van der Waals surface area contributed by atoms with Crippen LogP contribution < -0.4 is 5.32 Å². The molecule has 0 aliphatic heterocycles. The van der Waals surface area contributed by atoms with E-state index >= 15 is 0 Å². The van der Waals surface area contributed by atoms with E-state index in [4.69, 9.17) is 11.6 Å². The molecule has 0 aliphatic rings. The number of benzene rings is 1. The lowest BCUT2D eigenvalue weighted by atomic mass is 10.1. The van der Waals surface area contributed by atoms with E-state index in [1.165, 1.54) is 0 Å². The molecule has 18 heavy (non-hydrogen) atoms. The predicted octanol–water partition coefficient (Wildman–Crippen LogP) is 1.59. The number of amides is 1. The minimum absolute atomic E-state index is 0.0327. The van der Waals surface area contributed by atoms with Crippen LogP contribution in [0.2, 0.25) is 0 Å². The number of alkyl halides is 1. The Morgan fingerprint density at radius 2 is 1.89 bits per heavy atom. The largest absolute Gasteiger partial charge is 0.351 e. The van der Waals surface area contributed by atoms with Gasteiger partial charge in [0.2, 0.25) is 0 Å². The molecule has 0 heterocycles. The number of carbonyl (C=O) groups is 1. The number of rotatable bonds is 6. The molecule has 0 saturated carbocycles. The van der Waals surface area contributed by atoms with Crippen LogP contribution in [0.5, 0.6) is 0 Å². The quantitative estimate of drug-likeness (QED) is 0.809. The molecule has 1 amide bonds. The van der Waals surface area contributed by atoms with Gasteiger partial charge in [-0.25, -0.2) is 8.42 Å². The first-order valence-electron chi connectivity index (χ1n) is 5.62. The van der Waals surface area contributed by atoms with E-state index in [0.29, 0.717) is 11.4 Å². The minimum Gasteiger partial charge on any atom is -0.351 e. The first-order chi connectivity index (χ1) is 8.48. The molecule has 1 aromatic rings. The molecule has 1 N–H and O–H groups in total. The smallest absolute Gasteiger partial charge is 0.251 e. The van der Waals surface area contributed by atoms with Gasteiger partial charge in [-0.15, -0.1) is 11.6 Å². The zero-order chi connectivity index (χ0) is 13.6. The number of hydrogen-bond acceptors (Lipinski definition) is 3. The van der Waals surface area contributed by atoms with Crippen LogP contribution in [0, 0.1) is 0 Å². The van der Waals surface area contributed by atoms with Crippen molar-refractivity contribution in [3.8, 4) is 0 Å². The summed E-state index contributed by atoms with van der Waals surface area (Å²) in [6.07, 6.45) is 0. The van der Waals surface area contributed by atoms with Gasteiger partial charge in [0.05, 0.1) is 5.75 Å². The lowest BCUT2D eigenvalue weighted by molar-refractivity contribution is 0.0956. The highest BCUT2D eigenvalue weighted by Gasteiger charge is 2.09. The van der Waals surface area contributed by atoms with Crippen LogP contribution in [0.25, 0.3) is 0 Å². The molecular formula is C12H16ClNO3S. The number of nitrogens with one attached hydrogen (secondary N) is 1. The third kappa shape index (κ3) is 4.66. The molecule has 1 rings (SSSR count). The zero-order valence-electron chi connectivity index (χ0n) is 10.1. The maximum Gasteiger partial charge on any atom is 0.251 e. The normalized spacial score (nSPS) is 11.2. The first-order valence-corrected chi connectivity index (χ1v) is 7.97. The van der Waals surface area contributed by atoms with Crippen LogP contribution in [0.3, 0.4) is 0 Å². The second-order valence-electron chi connectivity index (χ2n) is 3.82. The SMILES string of the molecule is CCS(=O)(=O)CCNC(=O)c1ccc(CCl)cc1. The molecule has 1 aromatic carbocycles. The molecule has 0 atom stereocenters. The Morgan fingerprint density at radius 1 is 1.28 bits per heavy atom. The molecule has 0 unspecified atom stereocenters. The maximum absolute atomic E-state index is 11.7. The van der Waals surface area contributed by atoms with Gasteiger partial charge in [-0.3, -0.25) is 4.79 Å². The molecule has 0 spiro atoms. The fourth-order valence-electron chi connectivity index (χ4n) is 1.31. The van der Waals surface area contributed by atoms with E-state index < -0.39 is 9.84 Å². The van der Waals surface area contributed by atoms with Crippen molar-refractivity contribution in [3.63, 3.8) is 0 Å². The fourth-order valence-corrected chi connectivity index (χ4v) is 2.19. The molecule has 0 saturated heterocycles. The molecule has 100 valence electrons. The summed E-state index contributed by atoms with van der Waals surface area (Å²) >= 11 is 5.64. The summed E-state index contributed by atoms with van der Waals surface area (Å²) < 4.78 is 22.5. The molecule has 0 fully saturated rings. The highest BCUT2D eigenvalue weighted by molar-refractivity contribution is 7.91.